The van der Waals surface area contributed by atoms with Crippen molar-refractivity contribution in [2.75, 3.05) is 0 Å². The first-order valence-electron chi connectivity index (χ1n) is 8.50. The second-order valence-corrected chi connectivity index (χ2v) is 5.93. The van der Waals surface area contributed by atoms with Crippen LogP contribution in [0.3, 0.4) is 0 Å². The van der Waals surface area contributed by atoms with Crippen LogP contribution in [0, 0.1) is 0 Å². The molecule has 0 aliphatic heterocycles. The van der Waals surface area contributed by atoms with Crippen LogP contribution in [-0.4, -0.2) is 14.8 Å². The zero-order chi connectivity index (χ0) is 17.1. The van der Waals surface area contributed by atoms with Gasteiger partial charge in [0, 0.05) is 49.1 Å². The highest BCUT2D eigenvalue weighted by Crippen LogP contribution is 2.26. The molecule has 0 saturated heterocycles. The zero-order valence-corrected chi connectivity index (χ0v) is 14.1. The Balaban J connectivity index is 1.49. The Morgan fingerprint density at radius 1 is 1.08 bits per heavy atom. The minimum absolute atomic E-state index is 0.763. The van der Waals surface area contributed by atoms with E-state index in [9.17, 15) is 0 Å². The number of para-hydroxylation sites is 1. The van der Waals surface area contributed by atoms with Crippen molar-refractivity contribution < 1.29 is 4.42 Å². The van der Waals surface area contributed by atoms with E-state index < -0.39 is 0 Å². The third kappa shape index (κ3) is 3.19. The summed E-state index contributed by atoms with van der Waals surface area (Å²) in [4.78, 5) is 4.37. The van der Waals surface area contributed by atoms with Gasteiger partial charge in [-0.2, -0.15) is 5.10 Å². The lowest BCUT2D eigenvalue weighted by atomic mass is 10.1. The zero-order valence-electron chi connectivity index (χ0n) is 14.1. The summed E-state index contributed by atoms with van der Waals surface area (Å²) in [6.07, 6.45) is 6.36. The van der Waals surface area contributed by atoms with E-state index in [1.807, 2.05) is 42.7 Å². The Labute approximate surface area is 146 Å². The van der Waals surface area contributed by atoms with Crippen molar-refractivity contribution >= 4 is 11.0 Å². The molecule has 0 aliphatic rings. The van der Waals surface area contributed by atoms with Gasteiger partial charge in [0.1, 0.15) is 11.3 Å². The largest absolute Gasteiger partial charge is 0.461 e. The molecule has 0 aliphatic carbocycles. The molecule has 126 valence electrons. The number of rotatable bonds is 6. The SMILES string of the molecule is CCc1oc2ccccc2c1CNCc1ccnc(-n2cccn2)c1. The molecular formula is C20H20N4O. The van der Waals surface area contributed by atoms with Crippen LogP contribution >= 0.6 is 0 Å². The van der Waals surface area contributed by atoms with Crippen molar-refractivity contribution in [3.05, 3.63) is 77.9 Å². The number of hydrogen-bond donors (Lipinski definition) is 1. The van der Waals surface area contributed by atoms with Crippen LogP contribution in [0.15, 0.2) is 65.5 Å². The van der Waals surface area contributed by atoms with Crippen molar-refractivity contribution in [3.63, 3.8) is 0 Å². The minimum Gasteiger partial charge on any atom is -0.461 e. The van der Waals surface area contributed by atoms with Crippen molar-refractivity contribution in [1.82, 2.24) is 20.1 Å². The Kier molecular flexibility index (Phi) is 4.31. The van der Waals surface area contributed by atoms with Crippen LogP contribution < -0.4 is 5.32 Å². The van der Waals surface area contributed by atoms with Gasteiger partial charge in [-0.3, -0.25) is 0 Å². The molecule has 0 spiro atoms. The fraction of sp³-hybridized carbons (Fsp3) is 0.200. The number of benzene rings is 1. The van der Waals surface area contributed by atoms with Crippen LogP contribution in [0.25, 0.3) is 16.8 Å². The summed E-state index contributed by atoms with van der Waals surface area (Å²) in [5, 5.41) is 8.95. The lowest BCUT2D eigenvalue weighted by Gasteiger charge is -2.07. The van der Waals surface area contributed by atoms with Gasteiger partial charge in [-0.05, 0) is 29.8 Å². The maximum atomic E-state index is 5.96. The van der Waals surface area contributed by atoms with Gasteiger partial charge in [-0.15, -0.1) is 0 Å². The molecule has 0 bridgehead atoms. The van der Waals surface area contributed by atoms with E-state index >= 15 is 0 Å². The van der Waals surface area contributed by atoms with Gasteiger partial charge in [-0.1, -0.05) is 25.1 Å². The fourth-order valence-corrected chi connectivity index (χ4v) is 3.06. The highest BCUT2D eigenvalue weighted by molar-refractivity contribution is 5.82. The third-order valence-electron chi connectivity index (χ3n) is 4.28. The standard InChI is InChI=1S/C20H20N4O/c1-2-18-17(16-6-3-4-7-19(16)25-18)14-21-13-15-8-10-22-20(12-15)24-11-5-9-23-24/h3-12,21H,2,13-14H2,1H3. The predicted octanol–water partition coefficient (Wildman–Crippen LogP) is 3.87. The van der Waals surface area contributed by atoms with Crippen molar-refractivity contribution in [2.45, 2.75) is 26.4 Å². The van der Waals surface area contributed by atoms with Gasteiger partial charge < -0.3 is 9.73 Å². The molecule has 0 atom stereocenters. The molecule has 4 aromatic rings. The van der Waals surface area contributed by atoms with Gasteiger partial charge in [0.15, 0.2) is 5.82 Å². The third-order valence-corrected chi connectivity index (χ3v) is 4.28. The maximum absolute atomic E-state index is 5.96. The molecular weight excluding hydrogens is 312 g/mol. The lowest BCUT2D eigenvalue weighted by Crippen LogP contribution is -2.14. The predicted molar refractivity (Wildman–Crippen MR) is 97.5 cm³/mol. The normalized spacial score (nSPS) is 11.2. The monoisotopic (exact) mass is 332 g/mol. The molecule has 5 heteroatoms. The van der Waals surface area contributed by atoms with Crippen LogP contribution in [0.2, 0.25) is 0 Å². The summed E-state index contributed by atoms with van der Waals surface area (Å²) in [6.45, 7) is 3.67. The van der Waals surface area contributed by atoms with Crippen LogP contribution in [-0.2, 0) is 19.5 Å². The summed E-state index contributed by atoms with van der Waals surface area (Å²) in [5.41, 5.74) is 3.38. The summed E-state index contributed by atoms with van der Waals surface area (Å²) < 4.78 is 7.72. The second-order valence-electron chi connectivity index (χ2n) is 5.93. The molecule has 5 nitrogen and oxygen atoms in total. The van der Waals surface area contributed by atoms with E-state index in [1.165, 1.54) is 16.5 Å². The number of nitrogens with one attached hydrogen (secondary N) is 1. The second kappa shape index (κ2) is 6.91. The topological polar surface area (TPSA) is 55.9 Å². The van der Waals surface area contributed by atoms with Gasteiger partial charge in [0.25, 0.3) is 0 Å². The van der Waals surface area contributed by atoms with E-state index in [0.717, 1.165) is 36.7 Å². The Hall–Kier alpha value is -2.92. The Morgan fingerprint density at radius 3 is 2.84 bits per heavy atom. The highest BCUT2D eigenvalue weighted by atomic mass is 16.3. The maximum Gasteiger partial charge on any atom is 0.153 e. The molecule has 3 aromatic heterocycles. The van der Waals surface area contributed by atoms with Crippen LogP contribution in [0.4, 0.5) is 0 Å². The van der Waals surface area contributed by atoms with Gasteiger partial charge in [0.2, 0.25) is 0 Å². The quantitative estimate of drug-likeness (QED) is 0.582. The highest BCUT2D eigenvalue weighted by Gasteiger charge is 2.11. The molecule has 0 unspecified atom stereocenters. The van der Waals surface area contributed by atoms with Crippen LogP contribution in [0.5, 0.6) is 0 Å². The van der Waals surface area contributed by atoms with Gasteiger partial charge >= 0.3 is 0 Å². The smallest absolute Gasteiger partial charge is 0.153 e. The van der Waals surface area contributed by atoms with E-state index in [2.05, 4.69) is 34.5 Å². The number of furan rings is 1. The molecule has 0 fully saturated rings. The van der Waals surface area contributed by atoms with E-state index in [0.29, 0.717) is 0 Å². The first-order chi connectivity index (χ1) is 12.3. The van der Waals surface area contributed by atoms with Crippen LogP contribution in [0.1, 0.15) is 23.8 Å². The van der Waals surface area contributed by atoms with Crippen molar-refractivity contribution in [3.8, 4) is 5.82 Å². The minimum atomic E-state index is 0.763. The summed E-state index contributed by atoms with van der Waals surface area (Å²) in [6, 6.07) is 14.2. The number of hydrogen-bond acceptors (Lipinski definition) is 4. The number of nitrogens with zero attached hydrogens (tertiary/aromatic N) is 3. The first-order valence-corrected chi connectivity index (χ1v) is 8.50. The number of fused-ring (bicyclic) bond motifs is 1. The summed E-state index contributed by atoms with van der Waals surface area (Å²) in [5.74, 6) is 1.88. The molecule has 0 radical (unpaired) electrons. The number of aryl methyl sites for hydroxylation is 1. The molecule has 25 heavy (non-hydrogen) atoms. The van der Waals surface area contributed by atoms with E-state index in [1.54, 1.807) is 10.9 Å². The van der Waals surface area contributed by atoms with Crippen molar-refractivity contribution in [2.24, 2.45) is 0 Å². The average molecular weight is 332 g/mol. The summed E-state index contributed by atoms with van der Waals surface area (Å²) >= 11 is 0. The van der Waals surface area contributed by atoms with Gasteiger partial charge in [0.05, 0.1) is 0 Å². The van der Waals surface area contributed by atoms with Gasteiger partial charge in [-0.25, -0.2) is 9.67 Å². The van der Waals surface area contributed by atoms with Crippen molar-refractivity contribution in [1.29, 1.82) is 0 Å². The number of pyridine rings is 1. The first kappa shape index (κ1) is 15.6. The molecule has 1 aromatic carbocycles. The molecule has 4 rings (SSSR count). The molecule has 3 heterocycles. The molecule has 0 amide bonds. The van der Waals surface area contributed by atoms with E-state index in [-0.39, 0.29) is 0 Å². The average Bonchev–Trinajstić information content (AvgIpc) is 3.30. The lowest BCUT2D eigenvalue weighted by molar-refractivity contribution is 0.544. The Bertz CT molecular complexity index is 972. The molecule has 0 saturated carbocycles. The number of aromatic nitrogens is 3. The Morgan fingerprint density at radius 2 is 2.00 bits per heavy atom. The summed E-state index contributed by atoms with van der Waals surface area (Å²) in [7, 11) is 0. The van der Waals surface area contributed by atoms with E-state index in [4.69, 9.17) is 4.42 Å². The fourth-order valence-electron chi connectivity index (χ4n) is 3.06. The molecule has 1 N–H and O–H groups in total.